The van der Waals surface area contributed by atoms with Gasteiger partial charge in [-0.05, 0) is 19.1 Å². The highest BCUT2D eigenvalue weighted by molar-refractivity contribution is 5.91. The van der Waals surface area contributed by atoms with Crippen LogP contribution in [0.3, 0.4) is 0 Å². The van der Waals surface area contributed by atoms with Gasteiger partial charge in [-0.2, -0.15) is 0 Å². The molecule has 90 valence electrons. The third-order valence-electron chi connectivity index (χ3n) is 2.68. The van der Waals surface area contributed by atoms with Gasteiger partial charge in [0, 0.05) is 0 Å². The normalized spacial score (nSPS) is 24.5. The molecule has 1 aliphatic rings. The number of carbonyl (C=O) groups is 2. The fraction of sp³-hybridized carbons (Fsp3) is 0.333. The van der Waals surface area contributed by atoms with Crippen molar-refractivity contribution in [2.75, 3.05) is 0 Å². The Morgan fingerprint density at radius 2 is 2.06 bits per heavy atom. The molecule has 5 nitrogen and oxygen atoms in total. The van der Waals surface area contributed by atoms with Gasteiger partial charge >= 0.3 is 5.97 Å². The van der Waals surface area contributed by atoms with Crippen molar-refractivity contribution in [3.8, 4) is 0 Å². The van der Waals surface area contributed by atoms with Crippen molar-refractivity contribution in [2.45, 2.75) is 19.3 Å². The minimum absolute atomic E-state index is 0.300. The summed E-state index contributed by atoms with van der Waals surface area (Å²) in [5.74, 6) is -1.49. The molecular weight excluding hydrogens is 222 g/mol. The first kappa shape index (κ1) is 11.6. The summed E-state index contributed by atoms with van der Waals surface area (Å²) in [6.07, 6.45) is -1.58. The van der Waals surface area contributed by atoms with Gasteiger partial charge in [0.25, 0.3) is 0 Å². The van der Waals surface area contributed by atoms with Gasteiger partial charge in [0.1, 0.15) is 5.92 Å². The zero-order valence-corrected chi connectivity index (χ0v) is 9.29. The van der Waals surface area contributed by atoms with E-state index < -0.39 is 24.2 Å². The Morgan fingerprint density at radius 3 is 2.59 bits per heavy atom. The molecule has 17 heavy (non-hydrogen) atoms. The van der Waals surface area contributed by atoms with E-state index in [0.717, 1.165) is 0 Å². The van der Waals surface area contributed by atoms with Gasteiger partial charge in [-0.15, -0.1) is 0 Å². The number of esters is 1. The molecule has 1 amide bonds. The summed E-state index contributed by atoms with van der Waals surface area (Å²) >= 11 is 0. The maximum atomic E-state index is 11.7. The van der Waals surface area contributed by atoms with Crippen LogP contribution in [0.5, 0.6) is 0 Å². The van der Waals surface area contributed by atoms with E-state index in [4.69, 9.17) is 4.74 Å². The molecular formula is C12H13NO4. The third-order valence-corrected chi connectivity index (χ3v) is 2.68. The van der Waals surface area contributed by atoms with Crippen molar-refractivity contribution >= 4 is 11.9 Å². The zero-order chi connectivity index (χ0) is 12.4. The van der Waals surface area contributed by atoms with E-state index in [1.54, 1.807) is 30.3 Å². The average Bonchev–Trinajstić information content (AvgIpc) is 2.28. The summed E-state index contributed by atoms with van der Waals surface area (Å²) < 4.78 is 5.09. The van der Waals surface area contributed by atoms with Crippen LogP contribution in [0.4, 0.5) is 0 Å². The molecule has 1 aliphatic heterocycles. The van der Waals surface area contributed by atoms with Crippen molar-refractivity contribution in [1.82, 2.24) is 5.32 Å². The molecule has 3 atom stereocenters. The standard InChI is InChI=1S/C12H13NO4/c1-7(14)9-10(15)13-11(9)17-12(16)8-5-3-2-4-6-8/h2-7,9,11,14H,1H3,(H,13,15)/t7?,9-,11-/m1/s1. The minimum atomic E-state index is -0.836. The van der Waals surface area contributed by atoms with Crippen molar-refractivity contribution in [3.05, 3.63) is 35.9 Å². The van der Waals surface area contributed by atoms with E-state index in [1.807, 2.05) is 0 Å². The van der Waals surface area contributed by atoms with E-state index >= 15 is 0 Å². The number of amides is 1. The molecule has 1 aromatic rings. The number of aliphatic hydroxyl groups is 1. The van der Waals surface area contributed by atoms with Crippen LogP contribution in [0.1, 0.15) is 17.3 Å². The molecule has 2 rings (SSSR count). The smallest absolute Gasteiger partial charge is 0.340 e. The van der Waals surface area contributed by atoms with Gasteiger partial charge in [0.2, 0.25) is 5.91 Å². The summed E-state index contributed by atoms with van der Waals surface area (Å²) in [5.41, 5.74) is 0.415. The van der Waals surface area contributed by atoms with Crippen LogP contribution in [0.15, 0.2) is 30.3 Å². The highest BCUT2D eigenvalue weighted by Crippen LogP contribution is 2.21. The summed E-state index contributed by atoms with van der Waals surface area (Å²) in [6.45, 7) is 1.49. The Kier molecular flexibility index (Phi) is 3.10. The lowest BCUT2D eigenvalue weighted by molar-refractivity contribution is -0.155. The number of benzene rings is 1. The molecule has 0 aliphatic carbocycles. The average molecular weight is 235 g/mol. The predicted molar refractivity (Wildman–Crippen MR) is 59.0 cm³/mol. The van der Waals surface area contributed by atoms with Crippen LogP contribution in [0.2, 0.25) is 0 Å². The van der Waals surface area contributed by atoms with Crippen LogP contribution >= 0.6 is 0 Å². The van der Waals surface area contributed by atoms with Gasteiger partial charge in [0.05, 0.1) is 11.7 Å². The highest BCUT2D eigenvalue weighted by Gasteiger charge is 2.45. The SMILES string of the molecule is CC(O)[C@@H]1C(=O)N[C@@H]1OC(=O)c1ccccc1. The number of hydrogen-bond acceptors (Lipinski definition) is 4. The molecule has 1 aromatic carbocycles. The first-order valence-corrected chi connectivity index (χ1v) is 5.34. The fourth-order valence-electron chi connectivity index (χ4n) is 1.70. The second kappa shape index (κ2) is 4.55. The Morgan fingerprint density at radius 1 is 1.41 bits per heavy atom. The van der Waals surface area contributed by atoms with Gasteiger partial charge < -0.3 is 15.2 Å². The number of rotatable bonds is 3. The summed E-state index contributed by atoms with van der Waals surface area (Å²) in [7, 11) is 0. The Bertz CT molecular complexity index is 429. The highest BCUT2D eigenvalue weighted by atomic mass is 16.6. The predicted octanol–water partition coefficient (Wildman–Crippen LogP) is 0.296. The largest absolute Gasteiger partial charge is 0.437 e. The third kappa shape index (κ3) is 2.29. The Labute approximate surface area is 98.4 Å². The second-order valence-corrected chi connectivity index (χ2v) is 3.97. The van der Waals surface area contributed by atoms with Crippen LogP contribution in [-0.2, 0) is 9.53 Å². The van der Waals surface area contributed by atoms with Gasteiger partial charge in [-0.3, -0.25) is 4.79 Å². The molecule has 0 spiro atoms. The van der Waals surface area contributed by atoms with E-state index in [0.29, 0.717) is 5.56 Å². The van der Waals surface area contributed by atoms with Crippen molar-refractivity contribution < 1.29 is 19.4 Å². The van der Waals surface area contributed by atoms with Crippen LogP contribution < -0.4 is 5.32 Å². The summed E-state index contributed by atoms with van der Waals surface area (Å²) in [5, 5.41) is 11.8. The number of aliphatic hydroxyl groups excluding tert-OH is 1. The van der Waals surface area contributed by atoms with E-state index in [1.165, 1.54) is 6.92 Å². The van der Waals surface area contributed by atoms with Gasteiger partial charge in [0.15, 0.2) is 6.23 Å². The molecule has 1 unspecified atom stereocenters. The molecule has 0 saturated carbocycles. The first-order valence-electron chi connectivity index (χ1n) is 5.34. The topological polar surface area (TPSA) is 75.6 Å². The maximum absolute atomic E-state index is 11.7. The lowest BCUT2D eigenvalue weighted by atomic mass is 9.93. The lowest BCUT2D eigenvalue weighted by Crippen LogP contribution is -2.63. The maximum Gasteiger partial charge on any atom is 0.340 e. The molecule has 0 aromatic heterocycles. The Balaban J connectivity index is 1.99. The van der Waals surface area contributed by atoms with E-state index in [2.05, 4.69) is 5.32 Å². The second-order valence-electron chi connectivity index (χ2n) is 3.97. The first-order chi connectivity index (χ1) is 8.09. The molecule has 1 heterocycles. The number of hydrogen-bond donors (Lipinski definition) is 2. The molecule has 1 saturated heterocycles. The Hall–Kier alpha value is -1.88. The lowest BCUT2D eigenvalue weighted by Gasteiger charge is -2.37. The number of nitrogens with one attached hydrogen (secondary N) is 1. The molecule has 1 fully saturated rings. The summed E-state index contributed by atoms with van der Waals surface area (Å²) in [4.78, 5) is 22.8. The van der Waals surface area contributed by atoms with Crippen LogP contribution in [0, 0.1) is 5.92 Å². The quantitative estimate of drug-likeness (QED) is 0.583. The summed E-state index contributed by atoms with van der Waals surface area (Å²) in [6, 6.07) is 8.49. The number of carbonyl (C=O) groups excluding carboxylic acids is 2. The van der Waals surface area contributed by atoms with Crippen LogP contribution in [0.25, 0.3) is 0 Å². The monoisotopic (exact) mass is 235 g/mol. The zero-order valence-electron chi connectivity index (χ0n) is 9.29. The van der Waals surface area contributed by atoms with Gasteiger partial charge in [-0.1, -0.05) is 18.2 Å². The molecule has 2 N–H and O–H groups in total. The minimum Gasteiger partial charge on any atom is -0.437 e. The van der Waals surface area contributed by atoms with Crippen molar-refractivity contribution in [3.63, 3.8) is 0 Å². The van der Waals surface area contributed by atoms with Crippen molar-refractivity contribution in [1.29, 1.82) is 0 Å². The number of β-lactam (4-membered cyclic amide) rings is 1. The van der Waals surface area contributed by atoms with E-state index in [9.17, 15) is 14.7 Å². The fourth-order valence-corrected chi connectivity index (χ4v) is 1.70. The molecule has 5 heteroatoms. The molecule has 0 bridgehead atoms. The molecule has 0 radical (unpaired) electrons. The van der Waals surface area contributed by atoms with E-state index in [-0.39, 0.29) is 5.91 Å². The van der Waals surface area contributed by atoms with Crippen LogP contribution in [-0.4, -0.2) is 29.3 Å². The van der Waals surface area contributed by atoms with Crippen molar-refractivity contribution in [2.24, 2.45) is 5.92 Å². The number of ether oxygens (including phenoxy) is 1. The van der Waals surface area contributed by atoms with Gasteiger partial charge in [-0.25, -0.2) is 4.79 Å².